The molecule has 0 aromatic heterocycles. The normalized spacial score (nSPS) is 45.0. The first-order valence-electron chi connectivity index (χ1n) is 7.27. The first-order chi connectivity index (χ1) is 8.15. The van der Waals surface area contributed by atoms with Crippen molar-refractivity contribution in [1.82, 2.24) is 0 Å². The second kappa shape index (κ2) is 6.78. The zero-order chi connectivity index (χ0) is 12.3. The molecule has 1 nitrogen and oxygen atoms in total. The molecule has 2 saturated carbocycles. The van der Waals surface area contributed by atoms with Gasteiger partial charge in [0.05, 0.1) is 6.10 Å². The van der Waals surface area contributed by atoms with E-state index >= 15 is 0 Å². The van der Waals surface area contributed by atoms with E-state index in [1.165, 1.54) is 44.9 Å². The molecule has 3 heteroatoms. The molecule has 2 aliphatic rings. The molecule has 0 heterocycles. The Bertz CT molecular complexity index is 236. The summed E-state index contributed by atoms with van der Waals surface area (Å²) in [6.45, 7) is 0. The number of rotatable bonds is 1. The van der Waals surface area contributed by atoms with E-state index in [4.69, 9.17) is 0 Å². The average molecular weight is 274 g/mol. The summed E-state index contributed by atoms with van der Waals surface area (Å²) in [5.41, 5.74) is 0.841. The minimum absolute atomic E-state index is 0.0972. The molecule has 0 bridgehead atoms. The van der Waals surface area contributed by atoms with E-state index in [-0.39, 0.29) is 6.10 Å². The molecule has 0 aromatic carbocycles. The first-order valence-corrected chi connectivity index (χ1v) is 8.45. The topological polar surface area (TPSA) is 20.2 Å². The minimum Gasteiger partial charge on any atom is -0.393 e. The van der Waals surface area contributed by atoms with E-state index < -0.39 is 0 Å². The van der Waals surface area contributed by atoms with Gasteiger partial charge in [-0.3, -0.25) is 0 Å². The first kappa shape index (κ1) is 14.2. The van der Waals surface area contributed by atoms with Gasteiger partial charge < -0.3 is 5.11 Å². The van der Waals surface area contributed by atoms with Crippen LogP contribution in [0.1, 0.15) is 57.8 Å². The molecule has 0 saturated heterocycles. The Morgan fingerprint density at radius 2 is 1.65 bits per heavy atom. The Morgan fingerprint density at radius 3 is 2.47 bits per heavy atom. The lowest BCUT2D eigenvalue weighted by atomic mass is 9.81. The molecule has 0 aliphatic heterocycles. The molecular weight excluding hydrogens is 247 g/mol. The Morgan fingerprint density at radius 1 is 0.882 bits per heavy atom. The summed E-state index contributed by atoms with van der Waals surface area (Å²) in [6.07, 6.45) is 11.2. The smallest absolute Gasteiger partial charge is 0.0553 e. The van der Waals surface area contributed by atoms with Crippen molar-refractivity contribution in [2.45, 2.75) is 74.8 Å². The molecular formula is C14H27OPS. The van der Waals surface area contributed by atoms with Crippen LogP contribution in [0.4, 0.5) is 0 Å². The molecule has 0 spiro atoms. The van der Waals surface area contributed by atoms with Crippen molar-refractivity contribution in [1.29, 1.82) is 0 Å². The van der Waals surface area contributed by atoms with Gasteiger partial charge in [0.2, 0.25) is 0 Å². The summed E-state index contributed by atoms with van der Waals surface area (Å²) >= 11 is 4.57. The van der Waals surface area contributed by atoms with Gasteiger partial charge in [0.15, 0.2) is 0 Å². The lowest BCUT2D eigenvalue weighted by Crippen LogP contribution is -2.19. The summed E-state index contributed by atoms with van der Waals surface area (Å²) in [5, 5.41) is 10.5. The molecule has 1 N–H and O–H groups in total. The van der Waals surface area contributed by atoms with Gasteiger partial charge in [-0.25, -0.2) is 0 Å². The lowest BCUT2D eigenvalue weighted by Gasteiger charge is -2.26. The third-order valence-corrected chi connectivity index (χ3v) is 5.85. The van der Waals surface area contributed by atoms with Crippen LogP contribution in [0, 0.1) is 11.8 Å². The van der Waals surface area contributed by atoms with Crippen LogP contribution in [0.25, 0.3) is 0 Å². The molecule has 6 unspecified atom stereocenters. The Balaban J connectivity index is 1.91. The van der Waals surface area contributed by atoms with Gasteiger partial charge in [0.25, 0.3) is 0 Å². The number of thiol groups is 1. The van der Waals surface area contributed by atoms with Crippen molar-refractivity contribution in [3.63, 3.8) is 0 Å². The van der Waals surface area contributed by atoms with E-state index in [0.29, 0.717) is 5.25 Å². The Kier molecular flexibility index (Phi) is 5.64. The minimum atomic E-state index is -0.0972. The van der Waals surface area contributed by atoms with Crippen molar-refractivity contribution in [2.24, 2.45) is 11.8 Å². The maximum Gasteiger partial charge on any atom is 0.0553 e. The van der Waals surface area contributed by atoms with E-state index in [9.17, 15) is 5.11 Å². The van der Waals surface area contributed by atoms with Crippen LogP contribution < -0.4 is 0 Å². The molecule has 2 aliphatic carbocycles. The molecule has 0 aromatic rings. The molecule has 0 radical (unpaired) electrons. The van der Waals surface area contributed by atoms with Gasteiger partial charge in [0.1, 0.15) is 0 Å². The highest BCUT2D eigenvalue weighted by molar-refractivity contribution is 7.80. The summed E-state index contributed by atoms with van der Waals surface area (Å²) in [4.78, 5) is 0. The Hall–Kier alpha value is 0.740. The van der Waals surface area contributed by atoms with Gasteiger partial charge in [-0.15, -0.1) is 9.24 Å². The zero-order valence-corrected chi connectivity index (χ0v) is 12.8. The molecule has 0 amide bonds. The van der Waals surface area contributed by atoms with Crippen LogP contribution in [0.15, 0.2) is 0 Å². The van der Waals surface area contributed by atoms with Gasteiger partial charge in [-0.2, -0.15) is 12.6 Å². The van der Waals surface area contributed by atoms with Crippen LogP contribution >= 0.6 is 21.9 Å². The second-order valence-electron chi connectivity index (χ2n) is 6.14. The van der Waals surface area contributed by atoms with Gasteiger partial charge >= 0.3 is 0 Å². The fourth-order valence-electron chi connectivity index (χ4n) is 3.66. The second-order valence-corrected chi connectivity index (χ2v) is 7.82. The van der Waals surface area contributed by atoms with Crippen LogP contribution in [-0.2, 0) is 0 Å². The van der Waals surface area contributed by atoms with Crippen molar-refractivity contribution in [3.8, 4) is 0 Å². The largest absolute Gasteiger partial charge is 0.393 e. The maximum atomic E-state index is 10.0. The van der Waals surface area contributed by atoms with Crippen molar-refractivity contribution < 1.29 is 5.11 Å². The highest BCUT2D eigenvalue weighted by atomic mass is 32.1. The SMILES string of the molecule is OC1CC(S)CCC(C2CCCC(P)CC2)C1. The van der Waals surface area contributed by atoms with Gasteiger partial charge in [-0.1, -0.05) is 12.8 Å². The highest BCUT2D eigenvalue weighted by Gasteiger charge is 2.29. The van der Waals surface area contributed by atoms with E-state index in [0.717, 1.165) is 30.3 Å². The molecule has 2 rings (SSSR count). The summed E-state index contributed by atoms with van der Waals surface area (Å²) in [7, 11) is 3.00. The average Bonchev–Trinajstić information content (AvgIpc) is 2.57. The fourth-order valence-corrected chi connectivity index (χ4v) is 4.48. The van der Waals surface area contributed by atoms with Crippen LogP contribution in [0.2, 0.25) is 0 Å². The third kappa shape index (κ3) is 4.40. The predicted molar refractivity (Wildman–Crippen MR) is 80.8 cm³/mol. The number of aliphatic hydroxyl groups excluding tert-OH is 1. The number of hydrogen-bond acceptors (Lipinski definition) is 2. The highest BCUT2D eigenvalue weighted by Crippen LogP contribution is 2.38. The van der Waals surface area contributed by atoms with Crippen molar-refractivity contribution >= 4 is 21.9 Å². The van der Waals surface area contributed by atoms with Gasteiger partial charge in [0, 0.05) is 5.25 Å². The predicted octanol–water partition coefficient (Wildman–Crippen LogP) is 3.66. The molecule has 6 atom stereocenters. The quantitative estimate of drug-likeness (QED) is 0.425. The summed E-state index contributed by atoms with van der Waals surface area (Å²) in [5.74, 6) is 1.63. The number of hydrogen-bond donors (Lipinski definition) is 2. The zero-order valence-electron chi connectivity index (χ0n) is 10.7. The van der Waals surface area contributed by atoms with E-state index in [1.54, 1.807) is 0 Å². The van der Waals surface area contributed by atoms with E-state index in [2.05, 4.69) is 21.9 Å². The van der Waals surface area contributed by atoms with E-state index in [1.807, 2.05) is 0 Å². The van der Waals surface area contributed by atoms with Crippen LogP contribution in [-0.4, -0.2) is 22.1 Å². The Labute approximate surface area is 114 Å². The molecule has 100 valence electrons. The van der Waals surface area contributed by atoms with Crippen molar-refractivity contribution in [3.05, 3.63) is 0 Å². The summed E-state index contributed by atoms with van der Waals surface area (Å²) < 4.78 is 0. The van der Waals surface area contributed by atoms with Crippen LogP contribution in [0.5, 0.6) is 0 Å². The fraction of sp³-hybridized carbons (Fsp3) is 1.00. The lowest BCUT2D eigenvalue weighted by molar-refractivity contribution is 0.122. The third-order valence-electron chi connectivity index (χ3n) is 4.71. The summed E-state index contributed by atoms with van der Waals surface area (Å²) in [6, 6.07) is 0. The van der Waals surface area contributed by atoms with Crippen LogP contribution in [0.3, 0.4) is 0 Å². The van der Waals surface area contributed by atoms with Gasteiger partial charge in [-0.05, 0) is 62.4 Å². The maximum absolute atomic E-state index is 10.0. The molecule has 17 heavy (non-hydrogen) atoms. The standard InChI is InChI=1S/C14H27OPS/c15-12-8-11(5-7-14(17)9-12)10-2-1-3-13(16)6-4-10/h10-15,17H,1-9,16H2. The monoisotopic (exact) mass is 274 g/mol. The molecule has 2 fully saturated rings. The van der Waals surface area contributed by atoms with Crippen molar-refractivity contribution in [2.75, 3.05) is 0 Å². The number of aliphatic hydroxyl groups is 1.